The van der Waals surface area contributed by atoms with Crippen LogP contribution in [0, 0.1) is 0 Å². The van der Waals surface area contributed by atoms with Crippen molar-refractivity contribution in [1.29, 1.82) is 0 Å². The van der Waals surface area contributed by atoms with Crippen molar-refractivity contribution in [3.05, 3.63) is 29.8 Å². The third-order valence-electron chi connectivity index (χ3n) is 2.67. The second kappa shape index (κ2) is 9.37. The van der Waals surface area contributed by atoms with E-state index in [0.29, 0.717) is 0 Å². The average molecular weight is 253 g/mol. The molecule has 0 saturated heterocycles. The largest absolute Gasteiger partial charge is 0.497 e. The molecule has 1 aromatic rings. The van der Waals surface area contributed by atoms with E-state index in [0.717, 1.165) is 18.8 Å². The Hall–Kier alpha value is -0.670. The van der Waals surface area contributed by atoms with Crippen LogP contribution in [0.25, 0.3) is 0 Å². The first-order valence-corrected chi connectivity index (χ1v) is 7.59. The highest BCUT2D eigenvalue weighted by atomic mass is 32.2. The van der Waals surface area contributed by atoms with Crippen LogP contribution in [0.15, 0.2) is 24.3 Å². The van der Waals surface area contributed by atoms with Crippen molar-refractivity contribution in [2.75, 3.05) is 25.7 Å². The van der Waals surface area contributed by atoms with Crippen molar-refractivity contribution < 1.29 is 4.74 Å². The SMILES string of the molecule is COc1cccc(CNCCCCCSC)c1. The minimum absolute atomic E-state index is 0.930. The number of hydrogen-bond donors (Lipinski definition) is 1. The molecule has 1 rings (SSSR count). The molecule has 0 radical (unpaired) electrons. The molecule has 2 nitrogen and oxygen atoms in total. The number of ether oxygens (including phenoxy) is 1. The van der Waals surface area contributed by atoms with Gasteiger partial charge in [-0.3, -0.25) is 0 Å². The van der Waals surface area contributed by atoms with Crippen LogP contribution < -0.4 is 10.1 Å². The number of benzene rings is 1. The molecule has 0 atom stereocenters. The van der Waals surface area contributed by atoms with Gasteiger partial charge >= 0.3 is 0 Å². The van der Waals surface area contributed by atoms with Crippen LogP contribution in [0.1, 0.15) is 24.8 Å². The molecule has 1 aromatic carbocycles. The summed E-state index contributed by atoms with van der Waals surface area (Å²) in [5.41, 5.74) is 1.29. The molecule has 1 N–H and O–H groups in total. The zero-order chi connectivity index (χ0) is 12.3. The average Bonchev–Trinajstić information content (AvgIpc) is 2.38. The summed E-state index contributed by atoms with van der Waals surface area (Å²) >= 11 is 1.93. The number of nitrogens with one attached hydrogen (secondary N) is 1. The van der Waals surface area contributed by atoms with E-state index in [9.17, 15) is 0 Å². The van der Waals surface area contributed by atoms with E-state index in [1.807, 2.05) is 23.9 Å². The molecule has 0 unspecified atom stereocenters. The lowest BCUT2D eigenvalue weighted by atomic mass is 10.2. The van der Waals surface area contributed by atoms with Crippen molar-refractivity contribution in [3.8, 4) is 5.75 Å². The quantitative estimate of drug-likeness (QED) is 0.682. The van der Waals surface area contributed by atoms with Crippen LogP contribution in [0.3, 0.4) is 0 Å². The maximum atomic E-state index is 5.20. The van der Waals surface area contributed by atoms with E-state index in [1.165, 1.54) is 30.6 Å². The fourth-order valence-corrected chi connectivity index (χ4v) is 2.18. The van der Waals surface area contributed by atoms with Gasteiger partial charge in [0.05, 0.1) is 7.11 Å². The summed E-state index contributed by atoms with van der Waals surface area (Å²) in [5, 5.41) is 3.47. The molecular weight excluding hydrogens is 230 g/mol. The van der Waals surface area contributed by atoms with Crippen molar-refractivity contribution in [1.82, 2.24) is 5.32 Å². The van der Waals surface area contributed by atoms with Crippen LogP contribution in [0.5, 0.6) is 5.75 Å². The van der Waals surface area contributed by atoms with Gasteiger partial charge in [0, 0.05) is 6.54 Å². The molecular formula is C14H23NOS. The van der Waals surface area contributed by atoms with Crippen LogP contribution >= 0.6 is 11.8 Å². The maximum Gasteiger partial charge on any atom is 0.119 e. The summed E-state index contributed by atoms with van der Waals surface area (Å²) in [5.74, 6) is 2.22. The first-order valence-electron chi connectivity index (χ1n) is 6.19. The van der Waals surface area contributed by atoms with Crippen molar-refractivity contribution in [2.45, 2.75) is 25.8 Å². The minimum atomic E-state index is 0.930. The first-order chi connectivity index (χ1) is 8.36. The number of hydrogen-bond acceptors (Lipinski definition) is 3. The molecule has 0 bridgehead atoms. The van der Waals surface area contributed by atoms with Crippen LogP contribution in [-0.4, -0.2) is 25.7 Å². The smallest absolute Gasteiger partial charge is 0.119 e. The third kappa shape index (κ3) is 6.59. The van der Waals surface area contributed by atoms with Gasteiger partial charge in [-0.05, 0) is 49.1 Å². The Kier molecular flexibility index (Phi) is 7.93. The fourth-order valence-electron chi connectivity index (χ4n) is 1.69. The topological polar surface area (TPSA) is 21.3 Å². The Balaban J connectivity index is 2.09. The normalized spacial score (nSPS) is 10.5. The minimum Gasteiger partial charge on any atom is -0.497 e. The predicted molar refractivity (Wildman–Crippen MR) is 76.9 cm³/mol. The molecule has 0 aliphatic rings. The molecule has 0 aliphatic heterocycles. The molecule has 3 heteroatoms. The van der Waals surface area contributed by atoms with Gasteiger partial charge in [0.25, 0.3) is 0 Å². The Morgan fingerprint density at radius 2 is 2.12 bits per heavy atom. The monoisotopic (exact) mass is 253 g/mol. The number of methoxy groups -OCH3 is 1. The summed E-state index contributed by atoms with van der Waals surface area (Å²) < 4.78 is 5.20. The molecule has 0 aliphatic carbocycles. The standard InChI is InChI=1S/C14H23NOS/c1-16-14-8-6-7-13(11-14)12-15-9-4-3-5-10-17-2/h6-8,11,15H,3-5,9-10,12H2,1-2H3. The van der Waals surface area contributed by atoms with E-state index < -0.39 is 0 Å². The van der Waals surface area contributed by atoms with E-state index in [4.69, 9.17) is 4.74 Å². The lowest BCUT2D eigenvalue weighted by molar-refractivity contribution is 0.414. The molecule has 0 saturated carbocycles. The summed E-state index contributed by atoms with van der Waals surface area (Å²) in [7, 11) is 1.71. The van der Waals surface area contributed by atoms with E-state index in [-0.39, 0.29) is 0 Å². The Labute approximate surface area is 109 Å². The number of unbranched alkanes of at least 4 members (excludes halogenated alkanes) is 2. The maximum absolute atomic E-state index is 5.20. The second-order valence-corrected chi connectivity index (χ2v) is 5.07. The van der Waals surface area contributed by atoms with E-state index in [2.05, 4.69) is 23.7 Å². The highest BCUT2D eigenvalue weighted by Gasteiger charge is 1.95. The van der Waals surface area contributed by atoms with Gasteiger partial charge in [-0.2, -0.15) is 11.8 Å². The van der Waals surface area contributed by atoms with Crippen molar-refractivity contribution in [3.63, 3.8) is 0 Å². The third-order valence-corrected chi connectivity index (χ3v) is 3.36. The van der Waals surface area contributed by atoms with Crippen LogP contribution in [0.4, 0.5) is 0 Å². The summed E-state index contributed by atoms with van der Waals surface area (Å²) in [6, 6.07) is 8.23. The van der Waals surface area contributed by atoms with E-state index in [1.54, 1.807) is 7.11 Å². The van der Waals surface area contributed by atoms with Crippen molar-refractivity contribution in [2.24, 2.45) is 0 Å². The fraction of sp³-hybridized carbons (Fsp3) is 0.571. The van der Waals surface area contributed by atoms with Gasteiger partial charge in [-0.25, -0.2) is 0 Å². The van der Waals surface area contributed by atoms with Crippen LogP contribution in [-0.2, 0) is 6.54 Å². The Bertz CT molecular complexity index is 304. The van der Waals surface area contributed by atoms with Gasteiger partial charge < -0.3 is 10.1 Å². The number of rotatable bonds is 9. The Morgan fingerprint density at radius 3 is 2.88 bits per heavy atom. The molecule has 0 fully saturated rings. The summed E-state index contributed by atoms with van der Waals surface area (Å²) in [4.78, 5) is 0. The number of thioether (sulfide) groups is 1. The van der Waals surface area contributed by atoms with E-state index >= 15 is 0 Å². The van der Waals surface area contributed by atoms with Gasteiger partial charge in [0.2, 0.25) is 0 Å². The zero-order valence-electron chi connectivity index (χ0n) is 10.9. The summed E-state index contributed by atoms with van der Waals surface area (Å²) in [6.45, 7) is 2.03. The summed E-state index contributed by atoms with van der Waals surface area (Å²) in [6.07, 6.45) is 6.10. The highest BCUT2D eigenvalue weighted by molar-refractivity contribution is 7.98. The van der Waals surface area contributed by atoms with Crippen molar-refractivity contribution >= 4 is 11.8 Å². The molecule has 0 aromatic heterocycles. The van der Waals surface area contributed by atoms with Gasteiger partial charge in [0.1, 0.15) is 5.75 Å². The molecule has 0 heterocycles. The molecule has 0 amide bonds. The lowest BCUT2D eigenvalue weighted by Gasteiger charge is -2.06. The zero-order valence-corrected chi connectivity index (χ0v) is 11.7. The van der Waals surface area contributed by atoms with Gasteiger partial charge in [-0.15, -0.1) is 0 Å². The highest BCUT2D eigenvalue weighted by Crippen LogP contribution is 2.12. The second-order valence-electron chi connectivity index (χ2n) is 4.08. The van der Waals surface area contributed by atoms with Gasteiger partial charge in [-0.1, -0.05) is 18.6 Å². The first kappa shape index (κ1) is 14.4. The molecule has 17 heavy (non-hydrogen) atoms. The van der Waals surface area contributed by atoms with Gasteiger partial charge in [0.15, 0.2) is 0 Å². The lowest BCUT2D eigenvalue weighted by Crippen LogP contribution is -2.14. The molecule has 0 spiro atoms. The van der Waals surface area contributed by atoms with Crippen LogP contribution in [0.2, 0.25) is 0 Å². The Morgan fingerprint density at radius 1 is 1.24 bits per heavy atom. The predicted octanol–water partition coefficient (Wildman–Crippen LogP) is 3.32. The molecule has 96 valence electrons.